The third-order valence-corrected chi connectivity index (χ3v) is 3.42. The van der Waals surface area contributed by atoms with Crippen LogP contribution in [0.3, 0.4) is 0 Å². The summed E-state index contributed by atoms with van der Waals surface area (Å²) < 4.78 is 0. The van der Waals surface area contributed by atoms with Crippen molar-refractivity contribution in [2.45, 2.75) is 32.9 Å². The van der Waals surface area contributed by atoms with Gasteiger partial charge >= 0.3 is 0 Å². The van der Waals surface area contributed by atoms with E-state index in [2.05, 4.69) is 38.2 Å². The van der Waals surface area contributed by atoms with E-state index in [0.29, 0.717) is 17.5 Å². The highest BCUT2D eigenvalue weighted by molar-refractivity contribution is 5.92. The minimum absolute atomic E-state index is 0.380. The van der Waals surface area contributed by atoms with Gasteiger partial charge in [0.15, 0.2) is 0 Å². The van der Waals surface area contributed by atoms with Gasteiger partial charge in [0.25, 0.3) is 0 Å². The Morgan fingerprint density at radius 1 is 1.25 bits per heavy atom. The molecule has 0 aromatic heterocycles. The smallest absolute Gasteiger partial charge is 0.248 e. The summed E-state index contributed by atoms with van der Waals surface area (Å²) in [5.74, 6) is 0.313. The first-order valence-electron chi connectivity index (χ1n) is 7.16. The Bertz CT molecular complexity index is 412. The maximum atomic E-state index is 11.0. The van der Waals surface area contributed by atoms with Crippen LogP contribution in [-0.4, -0.2) is 37.5 Å². The van der Waals surface area contributed by atoms with Crippen LogP contribution in [0.25, 0.3) is 0 Å². The summed E-state index contributed by atoms with van der Waals surface area (Å²) in [7, 11) is 4.24. The van der Waals surface area contributed by atoms with Gasteiger partial charge in [-0.25, -0.2) is 0 Å². The van der Waals surface area contributed by atoms with Crippen LogP contribution >= 0.6 is 0 Å². The largest absolute Gasteiger partial charge is 0.366 e. The Morgan fingerprint density at radius 3 is 2.30 bits per heavy atom. The summed E-state index contributed by atoms with van der Waals surface area (Å²) in [5.41, 5.74) is 6.94. The van der Waals surface area contributed by atoms with Gasteiger partial charge in [0.2, 0.25) is 5.91 Å². The van der Waals surface area contributed by atoms with Crippen molar-refractivity contribution in [2.75, 3.05) is 20.6 Å². The fraction of sp³-hybridized carbons (Fsp3) is 0.562. The van der Waals surface area contributed by atoms with E-state index in [1.807, 2.05) is 12.1 Å². The number of carbonyl (C=O) groups is 1. The third-order valence-electron chi connectivity index (χ3n) is 3.42. The van der Waals surface area contributed by atoms with E-state index in [1.165, 1.54) is 6.42 Å². The van der Waals surface area contributed by atoms with Gasteiger partial charge in [-0.3, -0.25) is 4.79 Å². The summed E-state index contributed by atoms with van der Waals surface area (Å²) in [6.07, 6.45) is 1.18. The van der Waals surface area contributed by atoms with Crippen molar-refractivity contribution < 1.29 is 4.79 Å². The van der Waals surface area contributed by atoms with Crippen molar-refractivity contribution >= 4 is 5.91 Å². The zero-order valence-corrected chi connectivity index (χ0v) is 13.0. The molecule has 4 heteroatoms. The molecule has 0 bridgehead atoms. The maximum Gasteiger partial charge on any atom is 0.248 e. The fourth-order valence-electron chi connectivity index (χ4n) is 2.19. The number of carbonyl (C=O) groups excluding carboxylic acids is 1. The molecule has 1 aromatic carbocycles. The topological polar surface area (TPSA) is 58.4 Å². The molecule has 20 heavy (non-hydrogen) atoms. The summed E-state index contributed by atoms with van der Waals surface area (Å²) >= 11 is 0. The number of nitrogens with one attached hydrogen (secondary N) is 1. The van der Waals surface area contributed by atoms with Gasteiger partial charge in [0.1, 0.15) is 0 Å². The number of rotatable bonds is 8. The molecule has 0 saturated heterocycles. The molecule has 1 aromatic rings. The molecule has 0 aliphatic heterocycles. The van der Waals surface area contributed by atoms with Gasteiger partial charge in [-0.05, 0) is 44.1 Å². The second-order valence-electron chi connectivity index (χ2n) is 5.94. The van der Waals surface area contributed by atoms with E-state index in [4.69, 9.17) is 5.73 Å². The van der Waals surface area contributed by atoms with Crippen LogP contribution in [0.2, 0.25) is 0 Å². The van der Waals surface area contributed by atoms with E-state index >= 15 is 0 Å². The molecule has 3 N–H and O–H groups in total. The third kappa shape index (κ3) is 5.72. The number of nitrogens with two attached hydrogens (primary N) is 1. The van der Waals surface area contributed by atoms with Crippen LogP contribution in [0.15, 0.2) is 24.3 Å². The molecule has 0 fully saturated rings. The molecule has 0 radical (unpaired) electrons. The highest BCUT2D eigenvalue weighted by Crippen LogP contribution is 2.09. The minimum atomic E-state index is -0.380. The predicted molar refractivity (Wildman–Crippen MR) is 83.6 cm³/mol. The molecule has 0 heterocycles. The monoisotopic (exact) mass is 277 g/mol. The molecule has 1 rings (SSSR count). The first-order valence-corrected chi connectivity index (χ1v) is 7.16. The minimum Gasteiger partial charge on any atom is -0.366 e. The summed E-state index contributed by atoms with van der Waals surface area (Å²) in [4.78, 5) is 13.3. The second-order valence-corrected chi connectivity index (χ2v) is 5.94. The number of nitrogens with zero attached hydrogens (tertiary/aromatic N) is 1. The van der Waals surface area contributed by atoms with Crippen molar-refractivity contribution in [2.24, 2.45) is 11.7 Å². The maximum absolute atomic E-state index is 11.0. The van der Waals surface area contributed by atoms with Crippen LogP contribution in [-0.2, 0) is 6.54 Å². The number of primary amides is 1. The Morgan fingerprint density at radius 2 is 1.85 bits per heavy atom. The van der Waals surface area contributed by atoms with Gasteiger partial charge in [0.05, 0.1) is 0 Å². The number of hydrogen-bond acceptors (Lipinski definition) is 3. The number of amides is 1. The Kier molecular flexibility index (Phi) is 6.68. The molecule has 112 valence electrons. The first-order chi connectivity index (χ1) is 9.40. The highest BCUT2D eigenvalue weighted by atomic mass is 16.1. The van der Waals surface area contributed by atoms with Crippen LogP contribution in [0, 0.1) is 5.92 Å². The SMILES string of the molecule is CC(C)CC(CNCc1ccc(C(N)=O)cc1)N(C)C. The lowest BCUT2D eigenvalue weighted by Crippen LogP contribution is -2.38. The van der Waals surface area contributed by atoms with Gasteiger partial charge < -0.3 is 16.0 Å². The summed E-state index contributed by atoms with van der Waals surface area (Å²) in [5, 5.41) is 3.48. The number of hydrogen-bond donors (Lipinski definition) is 2. The molecule has 0 aliphatic rings. The summed E-state index contributed by atoms with van der Waals surface area (Å²) in [6, 6.07) is 7.98. The van der Waals surface area contributed by atoms with Gasteiger partial charge in [0, 0.05) is 24.7 Å². The molecule has 4 nitrogen and oxygen atoms in total. The number of benzene rings is 1. The molecule has 0 saturated carbocycles. The Labute approximate surface area is 122 Å². The van der Waals surface area contributed by atoms with Crippen molar-refractivity contribution in [3.63, 3.8) is 0 Å². The molecule has 1 unspecified atom stereocenters. The lowest BCUT2D eigenvalue weighted by Gasteiger charge is -2.26. The second kappa shape index (κ2) is 8.02. The molecular weight excluding hydrogens is 250 g/mol. The van der Waals surface area contributed by atoms with Crippen LogP contribution in [0.5, 0.6) is 0 Å². The predicted octanol–water partition coefficient (Wildman–Crippen LogP) is 1.85. The zero-order chi connectivity index (χ0) is 15.1. The first kappa shape index (κ1) is 16.7. The quantitative estimate of drug-likeness (QED) is 0.762. The molecule has 0 spiro atoms. The van der Waals surface area contributed by atoms with Crippen molar-refractivity contribution in [3.05, 3.63) is 35.4 Å². The molecule has 1 atom stereocenters. The Hall–Kier alpha value is -1.39. The fourth-order valence-corrected chi connectivity index (χ4v) is 2.19. The van der Waals surface area contributed by atoms with E-state index in [0.717, 1.165) is 18.7 Å². The van der Waals surface area contributed by atoms with E-state index < -0.39 is 0 Å². The van der Waals surface area contributed by atoms with Gasteiger partial charge in [-0.1, -0.05) is 26.0 Å². The van der Waals surface area contributed by atoms with Crippen LogP contribution < -0.4 is 11.1 Å². The Balaban J connectivity index is 2.44. The summed E-state index contributed by atoms with van der Waals surface area (Å²) in [6.45, 7) is 6.27. The standard InChI is InChI=1S/C16H27N3O/c1-12(2)9-15(19(3)4)11-18-10-13-5-7-14(8-6-13)16(17)20/h5-8,12,15,18H,9-11H2,1-4H3,(H2,17,20). The van der Waals surface area contributed by atoms with E-state index in [1.54, 1.807) is 12.1 Å². The van der Waals surface area contributed by atoms with Gasteiger partial charge in [-0.2, -0.15) is 0 Å². The van der Waals surface area contributed by atoms with E-state index in [-0.39, 0.29) is 5.91 Å². The average molecular weight is 277 g/mol. The highest BCUT2D eigenvalue weighted by Gasteiger charge is 2.12. The zero-order valence-electron chi connectivity index (χ0n) is 13.0. The normalized spacial score (nSPS) is 12.9. The van der Waals surface area contributed by atoms with Crippen molar-refractivity contribution in [1.29, 1.82) is 0 Å². The van der Waals surface area contributed by atoms with Crippen molar-refractivity contribution in [1.82, 2.24) is 10.2 Å². The van der Waals surface area contributed by atoms with Crippen molar-refractivity contribution in [3.8, 4) is 0 Å². The van der Waals surface area contributed by atoms with Crippen LogP contribution in [0.1, 0.15) is 36.2 Å². The lowest BCUT2D eigenvalue weighted by atomic mass is 10.0. The van der Waals surface area contributed by atoms with Gasteiger partial charge in [-0.15, -0.1) is 0 Å². The molecule has 1 amide bonds. The molecule has 0 aliphatic carbocycles. The number of likely N-dealkylation sites (N-methyl/N-ethyl adjacent to an activating group) is 1. The van der Waals surface area contributed by atoms with E-state index in [9.17, 15) is 4.79 Å². The lowest BCUT2D eigenvalue weighted by molar-refractivity contribution is 0.100. The molecular formula is C16H27N3O. The average Bonchev–Trinajstić information content (AvgIpc) is 2.37. The van der Waals surface area contributed by atoms with Crippen LogP contribution in [0.4, 0.5) is 0 Å².